The van der Waals surface area contributed by atoms with E-state index in [1.165, 1.54) is 0 Å². The van der Waals surface area contributed by atoms with Crippen LogP contribution >= 0.6 is 0 Å². The Labute approximate surface area is 194 Å². The molecule has 9 nitrogen and oxygen atoms in total. The Kier molecular flexibility index (Phi) is 4.75. The number of nitrogens with zero attached hydrogens (tertiary/aromatic N) is 2. The van der Waals surface area contributed by atoms with Crippen molar-refractivity contribution in [1.29, 1.82) is 0 Å². The minimum Gasteiger partial charge on any atom is -0.489 e. The van der Waals surface area contributed by atoms with Gasteiger partial charge in [-0.1, -0.05) is 30.3 Å². The first-order chi connectivity index (χ1) is 16.6. The molecule has 3 aliphatic rings. The van der Waals surface area contributed by atoms with Crippen LogP contribution < -0.4 is 20.1 Å². The van der Waals surface area contributed by atoms with Crippen molar-refractivity contribution in [3.63, 3.8) is 0 Å². The van der Waals surface area contributed by atoms with Crippen molar-refractivity contribution in [3.8, 4) is 17.2 Å². The van der Waals surface area contributed by atoms with Gasteiger partial charge in [0.05, 0.1) is 5.92 Å². The zero-order valence-electron chi connectivity index (χ0n) is 17.9. The molecule has 0 radical (unpaired) electrons. The number of fused-ring (bicyclic) bond motifs is 4. The lowest BCUT2D eigenvalue weighted by Gasteiger charge is -2.19. The molecule has 6 rings (SSSR count). The number of rotatable bonds is 6. The molecule has 0 spiro atoms. The van der Waals surface area contributed by atoms with Crippen LogP contribution in [0.15, 0.2) is 66.0 Å². The van der Waals surface area contributed by atoms with Gasteiger partial charge in [0.25, 0.3) is 0 Å². The molecule has 4 unspecified atom stereocenters. The van der Waals surface area contributed by atoms with Crippen LogP contribution in [0.5, 0.6) is 17.2 Å². The van der Waals surface area contributed by atoms with E-state index in [1.54, 1.807) is 36.5 Å². The summed E-state index contributed by atoms with van der Waals surface area (Å²) in [6.45, 7) is 0. The molecule has 1 saturated carbocycles. The topological polar surface area (TPSA) is 119 Å². The van der Waals surface area contributed by atoms with Crippen molar-refractivity contribution in [2.75, 3.05) is 5.32 Å². The summed E-state index contributed by atoms with van der Waals surface area (Å²) < 4.78 is 12.1. The second-order valence-corrected chi connectivity index (χ2v) is 8.55. The minimum absolute atomic E-state index is 0.0600. The zero-order chi connectivity index (χ0) is 23.2. The van der Waals surface area contributed by atoms with Gasteiger partial charge in [-0.25, -0.2) is 4.98 Å². The Morgan fingerprint density at radius 2 is 2.03 bits per heavy atom. The lowest BCUT2D eigenvalue weighted by atomic mass is 10.1. The molecule has 2 amide bonds. The van der Waals surface area contributed by atoms with E-state index >= 15 is 0 Å². The van der Waals surface area contributed by atoms with Crippen molar-refractivity contribution in [1.82, 2.24) is 10.3 Å². The monoisotopic (exact) mass is 456 g/mol. The fraction of sp³-hybridized carbons (Fsp3) is 0.240. The van der Waals surface area contributed by atoms with Gasteiger partial charge in [0, 0.05) is 29.7 Å². The fourth-order valence-electron chi connectivity index (χ4n) is 4.73. The molecule has 1 fully saturated rings. The summed E-state index contributed by atoms with van der Waals surface area (Å²) in [5, 5.41) is 8.57. The van der Waals surface area contributed by atoms with Crippen LogP contribution in [0.1, 0.15) is 35.2 Å². The number of hydrogen-bond acceptors (Lipinski definition) is 7. The third-order valence-corrected chi connectivity index (χ3v) is 6.46. The smallest absolute Gasteiger partial charge is 0.229 e. The molecule has 34 heavy (non-hydrogen) atoms. The molecule has 3 aromatic rings. The summed E-state index contributed by atoms with van der Waals surface area (Å²) >= 11 is 0. The third-order valence-electron chi connectivity index (χ3n) is 6.46. The van der Waals surface area contributed by atoms with E-state index in [1.807, 2.05) is 24.3 Å². The normalized spacial score (nSPS) is 22.2. The van der Waals surface area contributed by atoms with Crippen molar-refractivity contribution in [2.24, 2.45) is 11.1 Å². The van der Waals surface area contributed by atoms with E-state index in [9.17, 15) is 14.5 Å². The van der Waals surface area contributed by atoms with Gasteiger partial charge in [0.1, 0.15) is 29.2 Å². The summed E-state index contributed by atoms with van der Waals surface area (Å²) in [5.41, 5.74) is 2.38. The Balaban J connectivity index is 1.18. The number of carbonyl (C=O) groups excluding carboxylic acids is 2. The van der Waals surface area contributed by atoms with E-state index in [0.29, 0.717) is 35.7 Å². The van der Waals surface area contributed by atoms with Gasteiger partial charge >= 0.3 is 0 Å². The molecule has 2 N–H and O–H groups in total. The molecular weight excluding hydrogens is 436 g/mol. The number of ether oxygens (including phenoxy) is 2. The minimum atomic E-state index is -0.942. The number of aromatic nitrogens is 1. The van der Waals surface area contributed by atoms with Crippen LogP contribution in [0.25, 0.3) is 0 Å². The summed E-state index contributed by atoms with van der Waals surface area (Å²) in [6, 6.07) is 16.2. The van der Waals surface area contributed by atoms with Crippen molar-refractivity contribution < 1.29 is 19.1 Å². The number of nitrogens with one attached hydrogen (secondary N) is 2. The average molecular weight is 456 g/mol. The van der Waals surface area contributed by atoms with Crippen LogP contribution in [0.4, 0.5) is 5.82 Å². The number of anilines is 1. The van der Waals surface area contributed by atoms with Crippen molar-refractivity contribution in [2.45, 2.75) is 31.0 Å². The van der Waals surface area contributed by atoms with Gasteiger partial charge < -0.3 is 20.1 Å². The highest BCUT2D eigenvalue weighted by molar-refractivity contribution is 5.93. The summed E-state index contributed by atoms with van der Waals surface area (Å²) in [6.07, 6.45) is 1.32. The van der Waals surface area contributed by atoms with E-state index < -0.39 is 6.17 Å². The summed E-state index contributed by atoms with van der Waals surface area (Å²) in [7, 11) is 0. The first-order valence-corrected chi connectivity index (χ1v) is 11.1. The maximum absolute atomic E-state index is 12.9. The van der Waals surface area contributed by atoms with Crippen LogP contribution in [-0.4, -0.2) is 22.9 Å². The van der Waals surface area contributed by atoms with Crippen molar-refractivity contribution >= 4 is 17.6 Å². The van der Waals surface area contributed by atoms with Gasteiger partial charge in [0.2, 0.25) is 11.8 Å². The highest BCUT2D eigenvalue weighted by Crippen LogP contribution is 2.59. The summed E-state index contributed by atoms with van der Waals surface area (Å²) in [4.78, 5) is 40.1. The van der Waals surface area contributed by atoms with E-state index in [2.05, 4.69) is 20.8 Å². The second kappa shape index (κ2) is 7.95. The number of carbonyl (C=O) groups is 2. The Morgan fingerprint density at radius 3 is 2.85 bits per heavy atom. The van der Waals surface area contributed by atoms with Crippen LogP contribution in [0.2, 0.25) is 0 Å². The Morgan fingerprint density at radius 1 is 1.18 bits per heavy atom. The predicted octanol–water partition coefficient (Wildman–Crippen LogP) is 3.81. The van der Waals surface area contributed by atoms with Crippen LogP contribution in [0.3, 0.4) is 0 Å². The predicted molar refractivity (Wildman–Crippen MR) is 121 cm³/mol. The van der Waals surface area contributed by atoms with Crippen molar-refractivity contribution in [3.05, 3.63) is 82.4 Å². The molecule has 2 aliphatic heterocycles. The molecule has 0 saturated heterocycles. The van der Waals surface area contributed by atoms with E-state index in [4.69, 9.17) is 9.47 Å². The molecule has 1 aliphatic carbocycles. The van der Waals surface area contributed by atoms with E-state index in [0.717, 1.165) is 16.9 Å². The quantitative estimate of drug-likeness (QED) is 0.545. The van der Waals surface area contributed by atoms with Gasteiger partial charge in [0.15, 0.2) is 6.17 Å². The Hall–Kier alpha value is -4.27. The SMILES string of the molecule is O=NC(NC(=O)C1C2Oc3ccc(Oc4ccnc5c4CCC(=O)N5)cc3C21)c1ccccc1. The molecule has 4 atom stereocenters. The lowest BCUT2D eigenvalue weighted by Crippen LogP contribution is -2.30. The maximum atomic E-state index is 12.9. The van der Waals surface area contributed by atoms with E-state index in [-0.39, 0.29) is 29.8 Å². The fourth-order valence-corrected chi connectivity index (χ4v) is 4.73. The van der Waals surface area contributed by atoms with Crippen LogP contribution in [-0.2, 0) is 16.0 Å². The second-order valence-electron chi connectivity index (χ2n) is 8.55. The maximum Gasteiger partial charge on any atom is 0.229 e. The molecule has 9 heteroatoms. The first kappa shape index (κ1) is 20.3. The number of pyridine rings is 1. The lowest BCUT2D eigenvalue weighted by molar-refractivity contribution is -0.123. The summed E-state index contributed by atoms with van der Waals surface area (Å²) in [5.74, 6) is 1.67. The zero-order valence-corrected chi connectivity index (χ0v) is 17.9. The largest absolute Gasteiger partial charge is 0.489 e. The molecule has 170 valence electrons. The molecule has 1 aromatic heterocycles. The number of nitroso groups, excluding NO2 is 1. The molecule has 3 heterocycles. The van der Waals surface area contributed by atoms with Gasteiger partial charge in [-0.15, -0.1) is 4.91 Å². The number of benzene rings is 2. The highest BCUT2D eigenvalue weighted by atomic mass is 16.5. The number of hydrogen-bond donors (Lipinski definition) is 2. The first-order valence-electron chi connectivity index (χ1n) is 11.1. The number of amides is 2. The Bertz CT molecular complexity index is 1310. The highest BCUT2D eigenvalue weighted by Gasteiger charge is 2.62. The van der Waals surface area contributed by atoms with Gasteiger partial charge in [-0.05, 0) is 41.4 Å². The molecule has 2 aromatic carbocycles. The molecule has 0 bridgehead atoms. The third kappa shape index (κ3) is 3.45. The van der Waals surface area contributed by atoms with Gasteiger partial charge in [-0.3, -0.25) is 9.59 Å². The average Bonchev–Trinajstić information content (AvgIpc) is 3.45. The molecular formula is C25H20N4O5. The standard InChI is InChI=1S/C25H20N4O5/c30-19-9-7-15-18(10-11-26-24(15)27-19)33-14-6-8-17-16(12-14)20-21(22(20)34-17)25(31)28-23(29-32)13-4-2-1-3-5-13/h1-6,8,10-12,20-23H,7,9H2,(H,28,31)(H,26,27,30). The van der Waals surface area contributed by atoms with Crippen LogP contribution in [0, 0.1) is 10.8 Å². The van der Waals surface area contributed by atoms with Gasteiger partial charge in [-0.2, -0.15) is 0 Å².